The van der Waals surface area contributed by atoms with Crippen LogP contribution in [-0.2, 0) is 4.79 Å². The summed E-state index contributed by atoms with van der Waals surface area (Å²) in [6, 6.07) is 17.6. The molecule has 0 radical (unpaired) electrons. The third-order valence-corrected chi connectivity index (χ3v) is 5.58. The van der Waals surface area contributed by atoms with Gasteiger partial charge in [-0.05, 0) is 62.1 Å². The number of anilines is 1. The largest absolute Gasteiger partial charge is 0.349 e. The molecule has 1 heterocycles. The Balaban J connectivity index is 1.56. The van der Waals surface area contributed by atoms with E-state index in [1.165, 1.54) is 0 Å². The van der Waals surface area contributed by atoms with Gasteiger partial charge >= 0.3 is 0 Å². The molecule has 0 bridgehead atoms. The second kappa shape index (κ2) is 10.7. The van der Waals surface area contributed by atoms with E-state index in [0.717, 1.165) is 42.7 Å². The lowest BCUT2D eigenvalue weighted by molar-refractivity contribution is -0.120. The highest BCUT2D eigenvalue weighted by Crippen LogP contribution is 2.20. The number of likely N-dealkylation sites (tertiary alicyclic amines) is 1. The highest BCUT2D eigenvalue weighted by Gasteiger charge is 2.25. The summed E-state index contributed by atoms with van der Waals surface area (Å²) in [6.45, 7) is 6.24. The molecule has 6 heteroatoms. The number of nitriles is 1. The van der Waals surface area contributed by atoms with Gasteiger partial charge in [-0.3, -0.25) is 14.5 Å². The van der Waals surface area contributed by atoms with Crippen molar-refractivity contribution in [3.63, 3.8) is 0 Å². The number of amides is 2. The van der Waals surface area contributed by atoms with Crippen LogP contribution in [0.15, 0.2) is 48.5 Å². The Hall–Kier alpha value is -3.17. The predicted octanol–water partition coefficient (Wildman–Crippen LogP) is 3.44. The van der Waals surface area contributed by atoms with Gasteiger partial charge in [-0.1, -0.05) is 24.3 Å². The van der Waals surface area contributed by atoms with Crippen molar-refractivity contribution in [1.29, 1.82) is 5.26 Å². The van der Waals surface area contributed by atoms with Crippen molar-refractivity contribution in [2.45, 2.75) is 39.2 Å². The summed E-state index contributed by atoms with van der Waals surface area (Å²) in [5.41, 5.74) is 3.71. The Kier molecular flexibility index (Phi) is 7.80. The summed E-state index contributed by atoms with van der Waals surface area (Å²) in [4.78, 5) is 29.3. The van der Waals surface area contributed by atoms with Crippen LogP contribution in [0.1, 0.15) is 40.7 Å². The summed E-state index contributed by atoms with van der Waals surface area (Å²) < 4.78 is 0. The molecular weight excluding hydrogens is 388 g/mol. The Morgan fingerprint density at radius 2 is 1.74 bits per heavy atom. The average Bonchev–Trinajstić information content (AvgIpc) is 2.75. The minimum absolute atomic E-state index is 0.00650. The summed E-state index contributed by atoms with van der Waals surface area (Å²) in [5.74, 6) is -0.0420. The lowest BCUT2D eigenvalue weighted by Crippen LogP contribution is -2.48. The Morgan fingerprint density at radius 3 is 2.35 bits per heavy atom. The fraction of sp³-hybridized carbons (Fsp3) is 0.400. The minimum atomic E-state index is -0.0485. The molecule has 0 unspecified atom stereocenters. The third-order valence-electron chi connectivity index (χ3n) is 5.58. The van der Waals surface area contributed by atoms with E-state index >= 15 is 0 Å². The summed E-state index contributed by atoms with van der Waals surface area (Å²) in [5, 5.41) is 12.1. The van der Waals surface area contributed by atoms with Crippen LogP contribution in [0, 0.1) is 25.2 Å². The standard InChI is InChI=1S/C25H30N4O2/c1-19-15-20(2)17-23(16-19)29(12-6-11-26)24(30)18-28-13-9-22(10-14-28)27-25(31)21-7-4-3-5-8-21/h3-5,7-8,15-17,22H,6,9-10,12-14,18H2,1-2H3,(H,27,31). The van der Waals surface area contributed by atoms with Gasteiger partial charge in [0.25, 0.3) is 5.91 Å². The van der Waals surface area contributed by atoms with Crippen LogP contribution in [0.5, 0.6) is 0 Å². The first kappa shape index (κ1) is 22.5. The topological polar surface area (TPSA) is 76.4 Å². The normalized spacial score (nSPS) is 14.6. The molecule has 31 heavy (non-hydrogen) atoms. The second-order valence-electron chi connectivity index (χ2n) is 8.19. The Morgan fingerprint density at radius 1 is 1.10 bits per heavy atom. The third kappa shape index (κ3) is 6.40. The molecule has 1 fully saturated rings. The number of nitrogens with zero attached hydrogens (tertiary/aromatic N) is 3. The lowest BCUT2D eigenvalue weighted by Gasteiger charge is -2.33. The van der Waals surface area contributed by atoms with Gasteiger partial charge in [-0.2, -0.15) is 5.26 Å². The molecule has 1 aliphatic rings. The molecule has 1 saturated heterocycles. The Labute approximate surface area is 184 Å². The molecule has 162 valence electrons. The fourth-order valence-corrected chi connectivity index (χ4v) is 4.04. The molecule has 3 rings (SSSR count). The van der Waals surface area contributed by atoms with E-state index in [1.54, 1.807) is 4.90 Å². The molecular formula is C25H30N4O2. The van der Waals surface area contributed by atoms with Crippen molar-refractivity contribution in [3.05, 3.63) is 65.2 Å². The van der Waals surface area contributed by atoms with Crippen LogP contribution in [0.25, 0.3) is 0 Å². The Bertz CT molecular complexity index is 923. The zero-order valence-corrected chi connectivity index (χ0v) is 18.3. The second-order valence-corrected chi connectivity index (χ2v) is 8.19. The molecule has 0 aliphatic carbocycles. The molecule has 1 N–H and O–H groups in total. The van der Waals surface area contributed by atoms with E-state index in [2.05, 4.69) is 22.4 Å². The number of hydrogen-bond donors (Lipinski definition) is 1. The maximum atomic E-state index is 13.1. The highest BCUT2D eigenvalue weighted by atomic mass is 16.2. The number of hydrogen-bond acceptors (Lipinski definition) is 4. The minimum Gasteiger partial charge on any atom is -0.349 e. The first-order chi connectivity index (χ1) is 15.0. The van der Waals surface area contributed by atoms with E-state index in [4.69, 9.17) is 5.26 Å². The SMILES string of the molecule is Cc1cc(C)cc(N(CCC#N)C(=O)CN2CCC(NC(=O)c3ccccc3)CC2)c1. The van der Waals surface area contributed by atoms with Gasteiger partial charge < -0.3 is 10.2 Å². The molecule has 1 aliphatic heterocycles. The molecule has 2 aromatic rings. The van der Waals surface area contributed by atoms with Crippen LogP contribution >= 0.6 is 0 Å². The van der Waals surface area contributed by atoms with Crippen molar-refractivity contribution in [1.82, 2.24) is 10.2 Å². The van der Waals surface area contributed by atoms with Crippen molar-refractivity contribution < 1.29 is 9.59 Å². The maximum absolute atomic E-state index is 13.1. The van der Waals surface area contributed by atoms with Crippen molar-refractivity contribution in [3.8, 4) is 6.07 Å². The van der Waals surface area contributed by atoms with Crippen molar-refractivity contribution >= 4 is 17.5 Å². The van der Waals surface area contributed by atoms with E-state index in [1.807, 2.05) is 56.3 Å². The van der Waals surface area contributed by atoms with Crippen LogP contribution in [0.4, 0.5) is 5.69 Å². The molecule has 0 atom stereocenters. The highest BCUT2D eigenvalue weighted by molar-refractivity contribution is 5.95. The molecule has 6 nitrogen and oxygen atoms in total. The molecule has 2 amide bonds. The van der Waals surface area contributed by atoms with E-state index in [0.29, 0.717) is 25.1 Å². The van der Waals surface area contributed by atoms with Gasteiger partial charge in [0.2, 0.25) is 5.91 Å². The van der Waals surface area contributed by atoms with Gasteiger partial charge in [-0.15, -0.1) is 0 Å². The number of aryl methyl sites for hydroxylation is 2. The van der Waals surface area contributed by atoms with Gasteiger partial charge in [0.05, 0.1) is 19.0 Å². The number of rotatable bonds is 7. The van der Waals surface area contributed by atoms with Gasteiger partial charge in [0.15, 0.2) is 0 Å². The van der Waals surface area contributed by atoms with Crippen LogP contribution in [0.2, 0.25) is 0 Å². The van der Waals surface area contributed by atoms with Crippen LogP contribution in [0.3, 0.4) is 0 Å². The first-order valence-electron chi connectivity index (χ1n) is 10.8. The van der Waals surface area contributed by atoms with E-state index < -0.39 is 0 Å². The van der Waals surface area contributed by atoms with Gasteiger partial charge in [0, 0.05) is 36.9 Å². The van der Waals surface area contributed by atoms with Crippen LogP contribution < -0.4 is 10.2 Å². The van der Waals surface area contributed by atoms with E-state index in [-0.39, 0.29) is 17.9 Å². The zero-order chi connectivity index (χ0) is 22.2. The zero-order valence-electron chi connectivity index (χ0n) is 18.3. The molecule has 2 aromatic carbocycles. The number of piperidine rings is 1. The average molecular weight is 419 g/mol. The van der Waals surface area contributed by atoms with Gasteiger partial charge in [-0.25, -0.2) is 0 Å². The summed E-state index contributed by atoms with van der Waals surface area (Å²) in [7, 11) is 0. The summed E-state index contributed by atoms with van der Waals surface area (Å²) >= 11 is 0. The lowest BCUT2D eigenvalue weighted by atomic mass is 10.0. The van der Waals surface area contributed by atoms with Crippen molar-refractivity contribution in [2.24, 2.45) is 0 Å². The fourth-order valence-electron chi connectivity index (χ4n) is 4.04. The molecule has 0 spiro atoms. The smallest absolute Gasteiger partial charge is 0.251 e. The number of nitrogens with one attached hydrogen (secondary N) is 1. The first-order valence-corrected chi connectivity index (χ1v) is 10.8. The van der Waals surface area contributed by atoms with Crippen molar-refractivity contribution in [2.75, 3.05) is 31.1 Å². The number of carbonyl (C=O) groups excluding carboxylic acids is 2. The maximum Gasteiger partial charge on any atom is 0.251 e. The van der Waals surface area contributed by atoms with Gasteiger partial charge in [0.1, 0.15) is 0 Å². The molecule has 0 aromatic heterocycles. The molecule has 0 saturated carbocycles. The quantitative estimate of drug-likeness (QED) is 0.747. The van der Waals surface area contributed by atoms with E-state index in [9.17, 15) is 9.59 Å². The summed E-state index contributed by atoms with van der Waals surface area (Å²) in [6.07, 6.45) is 1.92. The van der Waals surface area contributed by atoms with Crippen LogP contribution in [-0.4, -0.2) is 48.9 Å². The predicted molar refractivity (Wildman–Crippen MR) is 122 cm³/mol. The number of carbonyl (C=O) groups is 2. The monoisotopic (exact) mass is 418 g/mol. The number of benzene rings is 2.